The minimum absolute atomic E-state index is 0.0633. The fraction of sp³-hybridized carbons (Fsp3) is 0.333. The number of benzene rings is 2. The number of unbranched alkanes of at least 4 members (excludes halogenated alkanes) is 1. The van der Waals surface area contributed by atoms with Gasteiger partial charge in [-0.25, -0.2) is 0 Å². The third kappa shape index (κ3) is 7.01. The number of hydrogen-bond donors (Lipinski definition) is 0. The number of aromatic nitrogens is 6. The Balaban J connectivity index is 0.979. The lowest BCUT2D eigenvalue weighted by atomic mass is 9.99. The first-order chi connectivity index (χ1) is 26.9. The van der Waals surface area contributed by atoms with Gasteiger partial charge in [-0.2, -0.15) is 0 Å². The van der Waals surface area contributed by atoms with E-state index in [1.807, 2.05) is 62.4 Å². The van der Waals surface area contributed by atoms with Crippen LogP contribution in [0, 0.1) is 41.5 Å². The van der Waals surface area contributed by atoms with Gasteiger partial charge in [0, 0.05) is 67.7 Å². The summed E-state index contributed by atoms with van der Waals surface area (Å²) in [6.07, 6.45) is 2.18. The molecular weight excluding hydrogens is 784 g/mol. The topological polar surface area (TPSA) is 120 Å². The summed E-state index contributed by atoms with van der Waals surface area (Å²) in [5.74, 6) is 2.93. The molecule has 6 aromatic rings. The van der Waals surface area contributed by atoms with Crippen LogP contribution >= 0.6 is 45.9 Å². The zero-order valence-corrected chi connectivity index (χ0v) is 35.1. The van der Waals surface area contributed by atoms with Crippen molar-refractivity contribution in [2.75, 3.05) is 0 Å². The lowest BCUT2D eigenvalue weighted by molar-refractivity contribution is -0.121. The Morgan fingerprint density at radius 2 is 0.964 bits per heavy atom. The molecule has 0 fully saturated rings. The van der Waals surface area contributed by atoms with Crippen molar-refractivity contribution in [2.24, 2.45) is 9.98 Å². The van der Waals surface area contributed by atoms with E-state index in [0.29, 0.717) is 47.4 Å². The highest BCUT2D eigenvalue weighted by molar-refractivity contribution is 7.15. The van der Waals surface area contributed by atoms with E-state index in [2.05, 4.69) is 57.2 Å². The van der Waals surface area contributed by atoms with Crippen molar-refractivity contribution in [3.8, 4) is 10.0 Å². The summed E-state index contributed by atoms with van der Waals surface area (Å²) < 4.78 is 4.11. The van der Waals surface area contributed by atoms with Gasteiger partial charge in [0.05, 0.1) is 11.4 Å². The van der Waals surface area contributed by atoms with Crippen LogP contribution in [0.4, 0.5) is 0 Å². The summed E-state index contributed by atoms with van der Waals surface area (Å²) in [5, 5.41) is 21.2. The van der Waals surface area contributed by atoms with Crippen molar-refractivity contribution < 1.29 is 9.59 Å². The van der Waals surface area contributed by atoms with Gasteiger partial charge in [0.15, 0.2) is 11.6 Å². The van der Waals surface area contributed by atoms with E-state index in [1.165, 1.54) is 9.75 Å². The van der Waals surface area contributed by atoms with Crippen molar-refractivity contribution in [1.82, 2.24) is 29.5 Å². The average Bonchev–Trinajstić information content (AvgIpc) is 3.86. The number of fused-ring (bicyclic) bond motifs is 6. The van der Waals surface area contributed by atoms with E-state index in [9.17, 15) is 9.59 Å². The highest BCUT2D eigenvalue weighted by Gasteiger charge is 2.34. The van der Waals surface area contributed by atoms with E-state index >= 15 is 0 Å². The maximum Gasteiger partial charge on any atom is 0.163 e. The molecule has 0 spiro atoms. The number of thiophene rings is 2. The van der Waals surface area contributed by atoms with Gasteiger partial charge < -0.3 is 0 Å². The first-order valence-electron chi connectivity index (χ1n) is 18.7. The third-order valence-corrected chi connectivity index (χ3v) is 13.6. The van der Waals surface area contributed by atoms with E-state index in [1.54, 1.807) is 22.7 Å². The summed E-state index contributed by atoms with van der Waals surface area (Å²) in [7, 11) is 0. The Morgan fingerprint density at radius 3 is 1.34 bits per heavy atom. The maximum atomic E-state index is 13.7. The number of nitrogens with zero attached hydrogens (tertiary/aromatic N) is 8. The molecule has 286 valence electrons. The molecule has 10 nitrogen and oxygen atoms in total. The third-order valence-electron chi connectivity index (χ3n) is 10.7. The van der Waals surface area contributed by atoms with Gasteiger partial charge in [0.2, 0.25) is 0 Å². The molecule has 2 aliphatic rings. The van der Waals surface area contributed by atoms with Crippen molar-refractivity contribution in [1.29, 1.82) is 0 Å². The average molecular weight is 824 g/mol. The first kappa shape index (κ1) is 38.3. The number of aliphatic imine (C=N–C) groups is 2. The predicted molar refractivity (Wildman–Crippen MR) is 224 cm³/mol. The molecule has 0 amide bonds. The van der Waals surface area contributed by atoms with Crippen LogP contribution in [0.3, 0.4) is 0 Å². The predicted octanol–water partition coefficient (Wildman–Crippen LogP) is 10.1. The first-order valence-corrected chi connectivity index (χ1v) is 21.0. The lowest BCUT2D eigenvalue weighted by Crippen LogP contribution is -2.12. The summed E-state index contributed by atoms with van der Waals surface area (Å²) in [6, 6.07) is 14.3. The number of carbonyl (C=O) groups excluding carboxylic acids is 2. The van der Waals surface area contributed by atoms with E-state index in [0.717, 1.165) is 66.5 Å². The number of carbonyl (C=O) groups is 2. The van der Waals surface area contributed by atoms with Gasteiger partial charge in [-0.05, 0) is 89.8 Å². The second-order valence-electron chi connectivity index (χ2n) is 14.5. The number of hydrogen-bond acceptors (Lipinski definition) is 10. The largest absolute Gasteiger partial charge is 0.300 e. The van der Waals surface area contributed by atoms with E-state index in [4.69, 9.17) is 33.2 Å². The molecule has 2 unspecified atom stereocenters. The Morgan fingerprint density at radius 1 is 0.589 bits per heavy atom. The van der Waals surface area contributed by atoms with Gasteiger partial charge in [-0.1, -0.05) is 47.5 Å². The molecule has 56 heavy (non-hydrogen) atoms. The highest BCUT2D eigenvalue weighted by Crippen LogP contribution is 2.41. The zero-order valence-electron chi connectivity index (χ0n) is 32.0. The minimum Gasteiger partial charge on any atom is -0.300 e. The lowest BCUT2D eigenvalue weighted by Gasteiger charge is -2.13. The number of aryl methyl sites for hydroxylation is 4. The fourth-order valence-corrected chi connectivity index (χ4v) is 10.2. The molecule has 0 aliphatic carbocycles. The molecule has 4 aromatic heterocycles. The van der Waals surface area contributed by atoms with Crippen LogP contribution in [-0.4, -0.2) is 52.5 Å². The number of halogens is 2. The molecule has 0 saturated heterocycles. The highest BCUT2D eigenvalue weighted by atomic mass is 35.5. The molecule has 6 heterocycles. The second kappa shape index (κ2) is 15.4. The van der Waals surface area contributed by atoms with Gasteiger partial charge >= 0.3 is 0 Å². The molecule has 14 heteroatoms. The minimum atomic E-state index is -0.519. The van der Waals surface area contributed by atoms with Crippen LogP contribution in [0.15, 0.2) is 58.5 Å². The second-order valence-corrected chi connectivity index (χ2v) is 17.8. The van der Waals surface area contributed by atoms with Crippen LogP contribution in [0.5, 0.6) is 0 Å². The number of rotatable bonds is 11. The quantitative estimate of drug-likeness (QED) is 0.120. The van der Waals surface area contributed by atoms with Gasteiger partial charge in [-0.15, -0.1) is 43.1 Å². The fourth-order valence-electron chi connectivity index (χ4n) is 7.54. The van der Waals surface area contributed by atoms with Crippen molar-refractivity contribution in [2.45, 2.75) is 92.2 Å². The summed E-state index contributed by atoms with van der Waals surface area (Å²) >= 11 is 15.9. The zero-order chi connectivity index (χ0) is 39.4. The standard InChI is InChI=1S/C42H40Cl2N8O2S2/c1-21-23(3)55-41-35(21)37(27-11-15-29(43)16-12-27)45-33(39-49-47-25(5)51(39)41)19-31(53)9-7-8-10-32(54)20-34-40-50-48-26(6)52(40)42-36(22(2)24(4)56-42)38(46-34)28-13-17-30(44)18-14-28/h11-18,33-34H,7-10,19-20H2,1-6H3. The van der Waals surface area contributed by atoms with E-state index < -0.39 is 12.1 Å². The molecule has 0 saturated carbocycles. The van der Waals surface area contributed by atoms with Gasteiger partial charge in [-0.3, -0.25) is 28.7 Å². The van der Waals surface area contributed by atoms with E-state index in [-0.39, 0.29) is 24.4 Å². The summed E-state index contributed by atoms with van der Waals surface area (Å²) in [4.78, 5) is 40.2. The Kier molecular flexibility index (Phi) is 10.5. The Labute approximate surface area is 343 Å². The SMILES string of the molecule is Cc1sc2c(c1C)C(c1ccc(Cl)cc1)=NC(CC(=O)CCCCC(=O)CC1N=C(c3ccc(Cl)cc3)c3c(sc(C)c3C)-n3c(C)nnc31)c1nnc(C)n1-2. The van der Waals surface area contributed by atoms with Gasteiger partial charge in [0.25, 0.3) is 0 Å². The number of Topliss-reactive ketones (excluding diaryl/α,β-unsaturated/α-hetero) is 2. The van der Waals surface area contributed by atoms with Crippen molar-refractivity contribution in [3.63, 3.8) is 0 Å². The molecular formula is C42H40Cl2N8O2S2. The van der Waals surface area contributed by atoms with Crippen LogP contribution in [0.1, 0.15) is 117 Å². The van der Waals surface area contributed by atoms with Crippen LogP contribution < -0.4 is 0 Å². The molecule has 0 N–H and O–H groups in total. The molecule has 0 bridgehead atoms. The van der Waals surface area contributed by atoms with Crippen molar-refractivity contribution in [3.05, 3.63) is 125 Å². The van der Waals surface area contributed by atoms with Gasteiger partial charge in [0.1, 0.15) is 45.3 Å². The monoisotopic (exact) mass is 822 g/mol. The molecule has 2 aliphatic heterocycles. The van der Waals surface area contributed by atoms with Crippen molar-refractivity contribution >= 4 is 68.9 Å². The molecule has 2 atom stereocenters. The summed E-state index contributed by atoms with van der Waals surface area (Å²) in [5.41, 5.74) is 7.83. The summed E-state index contributed by atoms with van der Waals surface area (Å²) in [6.45, 7) is 12.3. The normalized spacial score (nSPS) is 15.9. The maximum absolute atomic E-state index is 13.7. The smallest absolute Gasteiger partial charge is 0.163 e. The molecule has 8 rings (SSSR count). The van der Waals surface area contributed by atoms with Crippen LogP contribution in [0.2, 0.25) is 10.0 Å². The van der Waals surface area contributed by atoms with Crippen LogP contribution in [0.25, 0.3) is 10.0 Å². The van der Waals surface area contributed by atoms with Crippen LogP contribution in [-0.2, 0) is 9.59 Å². The molecule has 2 aromatic carbocycles. The Bertz CT molecular complexity index is 2400. The molecule has 0 radical (unpaired) electrons. The Hall–Kier alpha value is -4.62. The number of ketones is 2.